The molecule has 0 heterocycles. The Labute approximate surface area is 267 Å². The summed E-state index contributed by atoms with van der Waals surface area (Å²) >= 11 is 18.6. The molecule has 1 aliphatic carbocycles. The van der Waals surface area contributed by atoms with Crippen molar-refractivity contribution >= 4 is 69.8 Å². The Balaban J connectivity index is 1.52. The minimum Gasteiger partial charge on any atom is -0.444 e. The number of ether oxygens (including phenoxy) is 1. The third-order valence-corrected chi connectivity index (χ3v) is 7.66. The second-order valence-electron chi connectivity index (χ2n) is 10.9. The molecular formula is C29H22Cl3F6N3O4. The van der Waals surface area contributed by atoms with E-state index in [-0.39, 0.29) is 21.8 Å². The smallest absolute Gasteiger partial charge is 0.416 e. The van der Waals surface area contributed by atoms with Crippen molar-refractivity contribution in [2.75, 3.05) is 16.0 Å². The van der Waals surface area contributed by atoms with Gasteiger partial charge in [0, 0.05) is 11.6 Å². The van der Waals surface area contributed by atoms with Crippen LogP contribution >= 0.6 is 34.8 Å². The van der Waals surface area contributed by atoms with Crippen LogP contribution in [0.2, 0.25) is 5.02 Å². The number of nitrogens with one attached hydrogen (secondary N) is 3. The first kappa shape index (κ1) is 34.2. The van der Waals surface area contributed by atoms with Crippen molar-refractivity contribution < 1.29 is 45.5 Å². The van der Waals surface area contributed by atoms with Gasteiger partial charge in [0.25, 0.3) is 5.91 Å². The minimum atomic E-state index is -4.86. The first-order chi connectivity index (χ1) is 20.7. The van der Waals surface area contributed by atoms with Crippen LogP contribution in [0.1, 0.15) is 48.2 Å². The number of carbonyl (C=O) groups is 3. The van der Waals surface area contributed by atoms with E-state index in [0.29, 0.717) is 12.1 Å². The zero-order chi connectivity index (χ0) is 33.6. The molecule has 0 bridgehead atoms. The monoisotopic (exact) mass is 695 g/mol. The number of benzene rings is 3. The molecule has 3 aromatic carbocycles. The molecule has 1 saturated carbocycles. The molecule has 3 amide bonds. The predicted molar refractivity (Wildman–Crippen MR) is 156 cm³/mol. The molecule has 45 heavy (non-hydrogen) atoms. The first-order valence-corrected chi connectivity index (χ1v) is 14.0. The topological polar surface area (TPSA) is 96.5 Å². The van der Waals surface area contributed by atoms with Crippen molar-refractivity contribution in [2.45, 2.75) is 42.8 Å². The molecule has 3 aromatic rings. The van der Waals surface area contributed by atoms with E-state index in [1.54, 1.807) is 20.8 Å². The third kappa shape index (κ3) is 7.77. The molecule has 4 rings (SSSR count). The van der Waals surface area contributed by atoms with E-state index in [4.69, 9.17) is 39.5 Å². The van der Waals surface area contributed by atoms with Gasteiger partial charge in [-0.05, 0) is 74.9 Å². The van der Waals surface area contributed by atoms with Gasteiger partial charge in [-0.15, -0.1) is 23.2 Å². The number of hydrogen-bond acceptors (Lipinski definition) is 4. The van der Waals surface area contributed by atoms with Gasteiger partial charge in [0.2, 0.25) is 5.91 Å². The lowest BCUT2D eigenvalue weighted by Crippen LogP contribution is -2.28. The first-order valence-electron chi connectivity index (χ1n) is 12.8. The van der Waals surface area contributed by atoms with E-state index in [0.717, 1.165) is 24.3 Å². The maximum absolute atomic E-state index is 15.1. The molecule has 0 radical (unpaired) electrons. The van der Waals surface area contributed by atoms with Crippen LogP contribution in [0.15, 0.2) is 48.5 Å². The van der Waals surface area contributed by atoms with Gasteiger partial charge < -0.3 is 15.4 Å². The fourth-order valence-electron chi connectivity index (χ4n) is 4.38. The zero-order valence-corrected chi connectivity index (χ0v) is 25.6. The summed E-state index contributed by atoms with van der Waals surface area (Å²) in [6, 6.07) is 7.01. The summed E-state index contributed by atoms with van der Waals surface area (Å²) in [5.41, 5.74) is -4.25. The summed E-state index contributed by atoms with van der Waals surface area (Å²) in [6.07, 6.45) is -6.01. The van der Waals surface area contributed by atoms with Gasteiger partial charge >= 0.3 is 12.3 Å². The molecule has 7 nitrogen and oxygen atoms in total. The van der Waals surface area contributed by atoms with Crippen molar-refractivity contribution in [3.05, 3.63) is 87.7 Å². The highest BCUT2D eigenvalue weighted by atomic mass is 35.5. The van der Waals surface area contributed by atoms with E-state index >= 15 is 4.39 Å². The molecule has 0 saturated heterocycles. The van der Waals surface area contributed by atoms with Crippen molar-refractivity contribution in [1.82, 2.24) is 0 Å². The molecule has 2 atom stereocenters. The highest BCUT2D eigenvalue weighted by molar-refractivity contribution is 6.53. The molecule has 0 aromatic heterocycles. The molecule has 240 valence electrons. The average Bonchev–Trinajstić information content (AvgIpc) is 3.49. The van der Waals surface area contributed by atoms with Crippen LogP contribution < -0.4 is 16.0 Å². The maximum atomic E-state index is 15.1. The lowest BCUT2D eigenvalue weighted by molar-refractivity contribution is -0.137. The molecule has 3 N–H and O–H groups in total. The highest BCUT2D eigenvalue weighted by Gasteiger charge is 2.67. The molecule has 16 heteroatoms. The van der Waals surface area contributed by atoms with Crippen molar-refractivity contribution in [1.29, 1.82) is 0 Å². The Morgan fingerprint density at radius 2 is 1.56 bits per heavy atom. The number of amides is 3. The normalized spacial score (nSPS) is 17.3. The molecule has 1 aliphatic rings. The van der Waals surface area contributed by atoms with Gasteiger partial charge in [0.1, 0.15) is 27.3 Å². The molecular weight excluding hydrogens is 675 g/mol. The average molecular weight is 697 g/mol. The van der Waals surface area contributed by atoms with E-state index in [1.165, 1.54) is 12.1 Å². The summed E-state index contributed by atoms with van der Waals surface area (Å²) in [4.78, 5) is 38.1. The number of hydrogen-bond donors (Lipinski definition) is 3. The van der Waals surface area contributed by atoms with Crippen molar-refractivity contribution in [3.8, 4) is 0 Å². The van der Waals surface area contributed by atoms with E-state index in [9.17, 15) is 36.3 Å². The molecule has 0 aliphatic heterocycles. The van der Waals surface area contributed by atoms with Crippen LogP contribution in [0.4, 0.5) is 48.2 Å². The van der Waals surface area contributed by atoms with Crippen LogP contribution in [-0.4, -0.2) is 27.8 Å². The molecule has 1 fully saturated rings. The van der Waals surface area contributed by atoms with Gasteiger partial charge in [0.05, 0.1) is 27.8 Å². The second kappa shape index (κ2) is 12.3. The number of anilines is 3. The number of carbonyl (C=O) groups excluding carboxylic acids is 3. The van der Waals surface area contributed by atoms with E-state index in [1.807, 2.05) is 5.32 Å². The fraction of sp³-hybridized carbons (Fsp3) is 0.276. The maximum Gasteiger partial charge on any atom is 0.416 e. The van der Waals surface area contributed by atoms with Crippen LogP contribution in [-0.2, 0) is 15.7 Å². The van der Waals surface area contributed by atoms with Crippen LogP contribution in [0.5, 0.6) is 0 Å². The van der Waals surface area contributed by atoms with Crippen molar-refractivity contribution in [3.63, 3.8) is 0 Å². The van der Waals surface area contributed by atoms with Gasteiger partial charge in [-0.2, -0.15) is 13.2 Å². The van der Waals surface area contributed by atoms with Gasteiger partial charge in [-0.25, -0.2) is 18.0 Å². The van der Waals surface area contributed by atoms with E-state index in [2.05, 4.69) is 10.6 Å². The number of rotatable bonds is 6. The lowest BCUT2D eigenvalue weighted by Gasteiger charge is -2.20. The second-order valence-corrected chi connectivity index (χ2v) is 12.8. The Morgan fingerprint density at radius 3 is 2.18 bits per heavy atom. The van der Waals surface area contributed by atoms with E-state index < -0.39 is 80.2 Å². The quantitative estimate of drug-likeness (QED) is 0.177. The summed E-state index contributed by atoms with van der Waals surface area (Å²) in [5, 5.41) is 6.43. The number of alkyl halides is 5. The predicted octanol–water partition coefficient (Wildman–Crippen LogP) is 8.90. The largest absolute Gasteiger partial charge is 0.444 e. The fourth-order valence-corrected chi connectivity index (χ4v) is 5.41. The van der Waals surface area contributed by atoms with Crippen LogP contribution in [0.3, 0.4) is 0 Å². The Kier molecular flexibility index (Phi) is 9.31. The highest BCUT2D eigenvalue weighted by Crippen LogP contribution is 2.65. The summed E-state index contributed by atoms with van der Waals surface area (Å²) in [7, 11) is 0. The summed E-state index contributed by atoms with van der Waals surface area (Å²) in [5.74, 6) is -8.05. The van der Waals surface area contributed by atoms with Crippen molar-refractivity contribution in [2.24, 2.45) is 5.92 Å². The Bertz CT molecular complexity index is 1690. The third-order valence-electron chi connectivity index (χ3n) is 6.39. The van der Waals surface area contributed by atoms with Gasteiger partial charge in [-0.3, -0.25) is 14.9 Å². The Morgan fingerprint density at radius 1 is 0.889 bits per heavy atom. The SMILES string of the molecule is CC(C)(C)OC(=O)Nc1c(F)ccc(NC(=O)c2cc(NC(=O)C3C(c4cc(F)cc(C(F)(F)F)c4)C3(Cl)Cl)ccc2Cl)c1F. The lowest BCUT2D eigenvalue weighted by atomic mass is 10.0. The zero-order valence-electron chi connectivity index (χ0n) is 23.3. The Hall–Kier alpha value is -3.68. The van der Waals surface area contributed by atoms with Crippen LogP contribution in [0, 0.1) is 23.4 Å². The molecule has 0 spiro atoms. The standard InChI is InChI=1S/C29H22Cl3F6N3O4/c1-27(2,3)45-26(44)41-23-18(34)6-7-19(22(23)35)40-24(42)16-11-15(4-5-17(16)30)39-25(43)21-20(28(21,31)32)12-8-13(29(36,37)38)10-14(33)9-12/h4-11,20-21H,1-3H3,(H,39,43)(H,40,42)(H,41,44). The summed E-state index contributed by atoms with van der Waals surface area (Å²) < 4.78 is 86.0. The van der Waals surface area contributed by atoms with Crippen LogP contribution in [0.25, 0.3) is 0 Å². The van der Waals surface area contributed by atoms with Gasteiger partial charge in [0.15, 0.2) is 5.82 Å². The summed E-state index contributed by atoms with van der Waals surface area (Å²) in [6.45, 7) is 4.62. The number of halogens is 9. The minimum absolute atomic E-state index is 0.0357. The molecule has 2 unspecified atom stereocenters. The van der Waals surface area contributed by atoms with Gasteiger partial charge in [-0.1, -0.05) is 11.6 Å².